The second kappa shape index (κ2) is 5.38. The van der Waals surface area contributed by atoms with Gasteiger partial charge in [0.05, 0.1) is 6.04 Å². The molecule has 4 heteroatoms. The van der Waals surface area contributed by atoms with E-state index < -0.39 is 0 Å². The van der Waals surface area contributed by atoms with Crippen LogP contribution in [0, 0.1) is 12.3 Å². The van der Waals surface area contributed by atoms with Crippen LogP contribution in [0.5, 0.6) is 0 Å². The highest BCUT2D eigenvalue weighted by Crippen LogP contribution is 2.27. The third kappa shape index (κ3) is 2.73. The summed E-state index contributed by atoms with van der Waals surface area (Å²) >= 11 is 9.30. The van der Waals surface area contributed by atoms with Crippen LogP contribution in [0.4, 0.5) is 0 Å². The number of terminal acetylenes is 1. The van der Waals surface area contributed by atoms with Crippen molar-refractivity contribution in [3.8, 4) is 12.3 Å². The van der Waals surface area contributed by atoms with Crippen molar-refractivity contribution in [2.75, 3.05) is 0 Å². The SMILES string of the molecule is C#CCC(NN)c1cc(Cl)ccc1Br. The molecule has 1 atom stereocenters. The molecular formula is C10H10BrClN2. The molecule has 1 aromatic rings. The maximum Gasteiger partial charge on any atom is 0.0580 e. The van der Waals surface area contributed by atoms with Crippen LogP contribution < -0.4 is 11.3 Å². The van der Waals surface area contributed by atoms with Crippen molar-refractivity contribution in [2.45, 2.75) is 12.5 Å². The van der Waals surface area contributed by atoms with Crippen LogP contribution in [0.2, 0.25) is 5.02 Å². The second-order valence-electron chi connectivity index (χ2n) is 2.79. The van der Waals surface area contributed by atoms with Gasteiger partial charge in [-0.3, -0.25) is 11.3 Å². The van der Waals surface area contributed by atoms with Gasteiger partial charge in [-0.15, -0.1) is 12.3 Å². The molecule has 74 valence electrons. The maximum absolute atomic E-state index is 5.88. The molecule has 1 unspecified atom stereocenters. The number of halogens is 2. The molecule has 0 aliphatic rings. The van der Waals surface area contributed by atoms with Gasteiger partial charge < -0.3 is 0 Å². The van der Waals surface area contributed by atoms with E-state index in [4.69, 9.17) is 23.9 Å². The van der Waals surface area contributed by atoms with Crippen LogP contribution in [-0.4, -0.2) is 0 Å². The zero-order valence-corrected chi connectivity index (χ0v) is 9.77. The Hall–Kier alpha value is -0.530. The molecule has 0 heterocycles. The highest BCUT2D eigenvalue weighted by atomic mass is 79.9. The van der Waals surface area contributed by atoms with E-state index in [2.05, 4.69) is 27.3 Å². The number of hydrogen-bond acceptors (Lipinski definition) is 2. The third-order valence-electron chi connectivity index (χ3n) is 1.86. The lowest BCUT2D eigenvalue weighted by Crippen LogP contribution is -2.27. The van der Waals surface area contributed by atoms with Gasteiger partial charge in [0.2, 0.25) is 0 Å². The Labute approximate surface area is 96.9 Å². The summed E-state index contributed by atoms with van der Waals surface area (Å²) in [6.07, 6.45) is 5.76. The van der Waals surface area contributed by atoms with Gasteiger partial charge in [-0.1, -0.05) is 27.5 Å². The van der Waals surface area contributed by atoms with Gasteiger partial charge in [-0.05, 0) is 23.8 Å². The summed E-state index contributed by atoms with van der Waals surface area (Å²) < 4.78 is 0.945. The predicted molar refractivity (Wildman–Crippen MR) is 62.7 cm³/mol. The van der Waals surface area contributed by atoms with Crippen molar-refractivity contribution in [1.29, 1.82) is 0 Å². The molecule has 0 aliphatic carbocycles. The van der Waals surface area contributed by atoms with E-state index >= 15 is 0 Å². The summed E-state index contributed by atoms with van der Waals surface area (Å²) in [6.45, 7) is 0. The van der Waals surface area contributed by atoms with Gasteiger partial charge >= 0.3 is 0 Å². The molecule has 0 saturated carbocycles. The molecule has 0 bridgehead atoms. The first-order chi connectivity index (χ1) is 6.69. The lowest BCUT2D eigenvalue weighted by atomic mass is 10.1. The van der Waals surface area contributed by atoms with Crippen molar-refractivity contribution in [2.24, 2.45) is 5.84 Å². The first kappa shape index (κ1) is 11.5. The topological polar surface area (TPSA) is 38.0 Å². The molecular weight excluding hydrogens is 263 g/mol. The number of rotatable bonds is 3. The summed E-state index contributed by atoms with van der Waals surface area (Å²) in [6, 6.07) is 5.44. The third-order valence-corrected chi connectivity index (χ3v) is 2.81. The fourth-order valence-electron chi connectivity index (χ4n) is 1.16. The Morgan fingerprint density at radius 1 is 1.64 bits per heavy atom. The van der Waals surface area contributed by atoms with Crippen molar-refractivity contribution >= 4 is 27.5 Å². The number of nitrogens with one attached hydrogen (secondary N) is 1. The Morgan fingerprint density at radius 2 is 2.36 bits per heavy atom. The Bertz CT molecular complexity index is 360. The molecule has 1 rings (SSSR count). The normalized spacial score (nSPS) is 12.1. The molecule has 0 spiro atoms. The van der Waals surface area contributed by atoms with Crippen LogP contribution in [0.3, 0.4) is 0 Å². The summed E-state index contributed by atoms with van der Waals surface area (Å²) in [5.74, 6) is 7.96. The van der Waals surface area contributed by atoms with E-state index in [1.54, 1.807) is 6.07 Å². The van der Waals surface area contributed by atoms with Crippen LogP contribution in [0.1, 0.15) is 18.0 Å². The quantitative estimate of drug-likeness (QED) is 0.505. The summed E-state index contributed by atoms with van der Waals surface area (Å²) in [5, 5.41) is 0.667. The van der Waals surface area contributed by atoms with Gasteiger partial charge in [0.1, 0.15) is 0 Å². The largest absolute Gasteiger partial charge is 0.271 e. The fourth-order valence-corrected chi connectivity index (χ4v) is 1.86. The lowest BCUT2D eigenvalue weighted by Gasteiger charge is -2.15. The zero-order valence-electron chi connectivity index (χ0n) is 7.43. The van der Waals surface area contributed by atoms with Crippen molar-refractivity contribution in [3.05, 3.63) is 33.3 Å². The number of benzene rings is 1. The van der Waals surface area contributed by atoms with E-state index in [1.165, 1.54) is 0 Å². The molecule has 1 aromatic carbocycles. The first-order valence-corrected chi connectivity index (χ1v) is 5.20. The van der Waals surface area contributed by atoms with E-state index in [0.29, 0.717) is 11.4 Å². The van der Waals surface area contributed by atoms with Crippen LogP contribution >= 0.6 is 27.5 Å². The maximum atomic E-state index is 5.88. The molecule has 3 N–H and O–H groups in total. The van der Waals surface area contributed by atoms with Gasteiger partial charge in [-0.2, -0.15) is 0 Å². The molecule has 0 aliphatic heterocycles. The molecule has 0 radical (unpaired) electrons. The number of hydrazine groups is 1. The Balaban J connectivity index is 3.03. The minimum Gasteiger partial charge on any atom is -0.271 e. The highest BCUT2D eigenvalue weighted by Gasteiger charge is 2.11. The van der Waals surface area contributed by atoms with Crippen molar-refractivity contribution in [1.82, 2.24) is 5.43 Å². The molecule has 14 heavy (non-hydrogen) atoms. The van der Waals surface area contributed by atoms with Crippen LogP contribution in [0.25, 0.3) is 0 Å². The van der Waals surface area contributed by atoms with Crippen molar-refractivity contribution in [3.63, 3.8) is 0 Å². The van der Waals surface area contributed by atoms with E-state index in [0.717, 1.165) is 10.0 Å². The predicted octanol–water partition coefficient (Wildman–Crippen LogP) is 2.63. The minimum absolute atomic E-state index is 0.0759. The fraction of sp³-hybridized carbons (Fsp3) is 0.200. The van der Waals surface area contributed by atoms with Gasteiger partial charge in [0.25, 0.3) is 0 Å². The van der Waals surface area contributed by atoms with Gasteiger partial charge in [0, 0.05) is 15.9 Å². The zero-order chi connectivity index (χ0) is 10.6. The van der Waals surface area contributed by atoms with E-state index in [9.17, 15) is 0 Å². The average molecular weight is 274 g/mol. The Morgan fingerprint density at radius 3 is 2.93 bits per heavy atom. The smallest absolute Gasteiger partial charge is 0.0580 e. The molecule has 0 fully saturated rings. The standard InChI is InChI=1S/C10H10BrClN2/c1-2-3-10(14-13)8-6-7(12)4-5-9(8)11/h1,4-6,10,14H,3,13H2. The average Bonchev–Trinajstić information content (AvgIpc) is 2.18. The molecule has 2 nitrogen and oxygen atoms in total. The van der Waals surface area contributed by atoms with E-state index in [1.807, 2.05) is 12.1 Å². The van der Waals surface area contributed by atoms with Gasteiger partial charge in [-0.25, -0.2) is 0 Å². The van der Waals surface area contributed by atoms with Crippen LogP contribution in [-0.2, 0) is 0 Å². The summed E-state index contributed by atoms with van der Waals surface area (Å²) in [7, 11) is 0. The Kier molecular flexibility index (Phi) is 4.43. The van der Waals surface area contributed by atoms with Crippen LogP contribution in [0.15, 0.2) is 22.7 Å². The summed E-state index contributed by atoms with van der Waals surface area (Å²) in [5.41, 5.74) is 3.63. The lowest BCUT2D eigenvalue weighted by molar-refractivity contribution is 0.566. The second-order valence-corrected chi connectivity index (χ2v) is 4.08. The monoisotopic (exact) mass is 272 g/mol. The minimum atomic E-state index is -0.0759. The summed E-state index contributed by atoms with van der Waals surface area (Å²) in [4.78, 5) is 0. The molecule has 0 aromatic heterocycles. The van der Waals surface area contributed by atoms with Gasteiger partial charge in [0.15, 0.2) is 0 Å². The molecule has 0 saturated heterocycles. The van der Waals surface area contributed by atoms with Crippen molar-refractivity contribution < 1.29 is 0 Å². The number of hydrogen-bond donors (Lipinski definition) is 2. The first-order valence-electron chi connectivity index (χ1n) is 4.03. The molecule has 0 amide bonds. The van der Waals surface area contributed by atoms with E-state index in [-0.39, 0.29) is 6.04 Å². The highest BCUT2D eigenvalue weighted by molar-refractivity contribution is 9.10. The number of nitrogens with two attached hydrogens (primary N) is 1.